The molecule has 1 fully saturated rings. The Morgan fingerprint density at radius 1 is 1.46 bits per heavy atom. The van der Waals surface area contributed by atoms with Gasteiger partial charge in [0.2, 0.25) is 0 Å². The van der Waals surface area contributed by atoms with E-state index in [2.05, 4.69) is 0 Å². The fourth-order valence-corrected chi connectivity index (χ4v) is 1.25. The molecule has 1 aliphatic rings. The monoisotopic (exact) mass is 200 g/mol. The molecule has 2 rings (SSSR count). The average molecular weight is 201 g/mol. The minimum absolute atomic E-state index is 0.119. The molecule has 1 aromatic carbocycles. The molecule has 0 aliphatic heterocycles. The topological polar surface area (TPSA) is 9.23 Å². The summed E-state index contributed by atoms with van der Waals surface area (Å²) < 4.78 is 18.5. The molecule has 0 N–H and O–H groups in total. The molecule has 1 aliphatic carbocycles. The van der Waals surface area contributed by atoms with E-state index in [-0.39, 0.29) is 10.8 Å². The van der Waals surface area contributed by atoms with Gasteiger partial charge in [0.15, 0.2) is 11.6 Å². The van der Waals surface area contributed by atoms with Crippen LogP contribution in [0.4, 0.5) is 4.39 Å². The molecule has 13 heavy (non-hydrogen) atoms. The zero-order valence-corrected chi connectivity index (χ0v) is 7.85. The molecule has 1 nitrogen and oxygen atoms in total. The molecule has 0 unspecified atom stereocenters. The van der Waals surface area contributed by atoms with Crippen molar-refractivity contribution in [1.29, 1.82) is 0 Å². The predicted molar refractivity (Wildman–Crippen MR) is 49.6 cm³/mol. The van der Waals surface area contributed by atoms with Crippen molar-refractivity contribution in [3.63, 3.8) is 0 Å². The van der Waals surface area contributed by atoms with E-state index in [4.69, 9.17) is 16.3 Å². The Labute approximate surface area is 81.5 Å². The van der Waals surface area contributed by atoms with Gasteiger partial charge in [-0.25, -0.2) is 4.39 Å². The highest BCUT2D eigenvalue weighted by molar-refractivity contribution is 6.30. The summed E-state index contributed by atoms with van der Waals surface area (Å²) in [4.78, 5) is 0. The van der Waals surface area contributed by atoms with Gasteiger partial charge in [-0.05, 0) is 30.9 Å². The number of halogens is 2. The Hall–Kier alpha value is -0.760. The van der Waals surface area contributed by atoms with Gasteiger partial charge < -0.3 is 4.74 Å². The fourth-order valence-electron chi connectivity index (χ4n) is 1.09. The second kappa shape index (κ2) is 3.54. The summed E-state index contributed by atoms with van der Waals surface area (Å²) >= 11 is 5.59. The molecule has 1 saturated carbocycles. The molecule has 70 valence electrons. The molecular weight excluding hydrogens is 191 g/mol. The van der Waals surface area contributed by atoms with Crippen molar-refractivity contribution in [1.82, 2.24) is 0 Å². The van der Waals surface area contributed by atoms with Gasteiger partial charge in [0.05, 0.1) is 11.6 Å². The summed E-state index contributed by atoms with van der Waals surface area (Å²) in [6.07, 6.45) is 2.39. The highest BCUT2D eigenvalue weighted by atomic mass is 35.5. The quantitative estimate of drug-likeness (QED) is 0.728. The van der Waals surface area contributed by atoms with Crippen molar-refractivity contribution in [2.24, 2.45) is 5.92 Å². The largest absolute Gasteiger partial charge is 0.490 e. The first-order valence-corrected chi connectivity index (χ1v) is 4.72. The number of rotatable bonds is 3. The Balaban J connectivity index is 2.05. The van der Waals surface area contributed by atoms with Crippen LogP contribution in [0.25, 0.3) is 0 Å². The van der Waals surface area contributed by atoms with Gasteiger partial charge in [-0.2, -0.15) is 0 Å². The van der Waals surface area contributed by atoms with Crippen LogP contribution in [0.1, 0.15) is 12.8 Å². The summed E-state index contributed by atoms with van der Waals surface area (Å²) in [6.45, 7) is 0.608. The maximum atomic E-state index is 13.2. The van der Waals surface area contributed by atoms with E-state index in [1.165, 1.54) is 18.9 Å². The molecule has 1 aromatic rings. The zero-order valence-electron chi connectivity index (χ0n) is 7.09. The lowest BCUT2D eigenvalue weighted by Gasteiger charge is -2.06. The number of hydrogen-bond acceptors (Lipinski definition) is 1. The zero-order chi connectivity index (χ0) is 9.26. The maximum Gasteiger partial charge on any atom is 0.183 e. The molecule has 0 saturated heterocycles. The summed E-state index contributed by atoms with van der Waals surface area (Å²) in [5.74, 6) is 0.433. The Morgan fingerprint density at radius 2 is 2.23 bits per heavy atom. The summed E-state index contributed by atoms with van der Waals surface area (Å²) in [6, 6.07) is 4.80. The van der Waals surface area contributed by atoms with E-state index in [0.717, 1.165) is 0 Å². The molecule has 3 heteroatoms. The van der Waals surface area contributed by atoms with Crippen LogP contribution < -0.4 is 4.74 Å². The first-order chi connectivity index (χ1) is 6.27. The van der Waals surface area contributed by atoms with Crippen molar-refractivity contribution < 1.29 is 9.13 Å². The average Bonchev–Trinajstić information content (AvgIpc) is 2.91. The molecule has 0 atom stereocenters. The third kappa shape index (κ3) is 2.13. The number of ether oxygens (including phenoxy) is 1. The van der Waals surface area contributed by atoms with Gasteiger partial charge in [-0.3, -0.25) is 0 Å². The van der Waals surface area contributed by atoms with Gasteiger partial charge in [-0.1, -0.05) is 17.7 Å². The Kier molecular flexibility index (Phi) is 2.40. The van der Waals surface area contributed by atoms with Gasteiger partial charge in [-0.15, -0.1) is 0 Å². The van der Waals surface area contributed by atoms with Crippen LogP contribution in [-0.4, -0.2) is 6.61 Å². The van der Waals surface area contributed by atoms with Crippen LogP contribution in [0.15, 0.2) is 18.2 Å². The maximum absolute atomic E-state index is 13.2. The van der Waals surface area contributed by atoms with E-state index in [0.29, 0.717) is 12.5 Å². The summed E-state index contributed by atoms with van der Waals surface area (Å²) in [5, 5.41) is 0.119. The summed E-state index contributed by atoms with van der Waals surface area (Å²) in [5.41, 5.74) is 0. The van der Waals surface area contributed by atoms with Crippen molar-refractivity contribution >= 4 is 11.6 Å². The lowest BCUT2D eigenvalue weighted by atomic mass is 10.3. The van der Waals surface area contributed by atoms with E-state index < -0.39 is 5.82 Å². The van der Waals surface area contributed by atoms with Gasteiger partial charge >= 0.3 is 0 Å². The van der Waals surface area contributed by atoms with Crippen LogP contribution in [0.5, 0.6) is 5.75 Å². The lowest BCUT2D eigenvalue weighted by molar-refractivity contribution is 0.285. The first-order valence-electron chi connectivity index (χ1n) is 4.34. The van der Waals surface area contributed by atoms with Crippen LogP contribution >= 0.6 is 11.6 Å². The fraction of sp³-hybridized carbons (Fsp3) is 0.400. The molecule has 0 heterocycles. The number of benzene rings is 1. The van der Waals surface area contributed by atoms with E-state index in [1.54, 1.807) is 12.1 Å². The molecule has 0 bridgehead atoms. The van der Waals surface area contributed by atoms with Crippen molar-refractivity contribution in [2.75, 3.05) is 6.61 Å². The SMILES string of the molecule is Fc1c(Cl)cccc1OCC1CC1. The van der Waals surface area contributed by atoms with Crippen molar-refractivity contribution in [2.45, 2.75) is 12.8 Å². The van der Waals surface area contributed by atoms with Gasteiger partial charge in [0.25, 0.3) is 0 Å². The molecule has 0 amide bonds. The third-order valence-electron chi connectivity index (χ3n) is 2.09. The standard InChI is InChI=1S/C10H10ClFO/c11-8-2-1-3-9(10(8)12)13-6-7-4-5-7/h1-3,7H,4-6H2. The van der Waals surface area contributed by atoms with E-state index >= 15 is 0 Å². The van der Waals surface area contributed by atoms with E-state index in [9.17, 15) is 4.39 Å². The molecular formula is C10H10ClFO. The first kappa shape index (κ1) is 8.82. The van der Waals surface area contributed by atoms with Crippen molar-refractivity contribution in [3.8, 4) is 5.75 Å². The highest BCUT2D eigenvalue weighted by Crippen LogP contribution is 2.31. The number of hydrogen-bond donors (Lipinski definition) is 0. The normalized spacial score (nSPS) is 15.8. The van der Waals surface area contributed by atoms with Crippen molar-refractivity contribution in [3.05, 3.63) is 29.0 Å². The van der Waals surface area contributed by atoms with Crippen LogP contribution in [0.3, 0.4) is 0 Å². The minimum Gasteiger partial charge on any atom is -0.490 e. The van der Waals surface area contributed by atoms with Gasteiger partial charge in [0.1, 0.15) is 0 Å². The minimum atomic E-state index is -0.454. The third-order valence-corrected chi connectivity index (χ3v) is 2.38. The van der Waals surface area contributed by atoms with Crippen LogP contribution in [-0.2, 0) is 0 Å². The molecule has 0 spiro atoms. The predicted octanol–water partition coefficient (Wildman–Crippen LogP) is 3.27. The lowest BCUT2D eigenvalue weighted by Crippen LogP contribution is -2.00. The smallest absolute Gasteiger partial charge is 0.183 e. The summed E-state index contributed by atoms with van der Waals surface area (Å²) in [7, 11) is 0. The van der Waals surface area contributed by atoms with Crippen LogP contribution in [0.2, 0.25) is 5.02 Å². The van der Waals surface area contributed by atoms with Crippen LogP contribution in [0, 0.1) is 11.7 Å². The Morgan fingerprint density at radius 3 is 2.92 bits per heavy atom. The Bertz CT molecular complexity index is 310. The second-order valence-corrected chi connectivity index (χ2v) is 3.71. The highest BCUT2D eigenvalue weighted by Gasteiger charge is 2.22. The van der Waals surface area contributed by atoms with Gasteiger partial charge in [0, 0.05) is 0 Å². The molecule has 0 radical (unpaired) electrons. The molecule has 0 aromatic heterocycles. The second-order valence-electron chi connectivity index (χ2n) is 3.31. The van der Waals surface area contributed by atoms with E-state index in [1.807, 2.05) is 0 Å².